The minimum atomic E-state index is -0.418. The monoisotopic (exact) mass is 260 g/mol. The van der Waals surface area contributed by atoms with E-state index >= 15 is 0 Å². The van der Waals surface area contributed by atoms with E-state index in [4.69, 9.17) is 5.73 Å². The third-order valence-corrected chi connectivity index (χ3v) is 4.02. The van der Waals surface area contributed by atoms with Crippen molar-refractivity contribution in [1.82, 2.24) is 4.90 Å². The fraction of sp³-hybridized carbons (Fsp3) is 0.562. The molecule has 3 heteroatoms. The van der Waals surface area contributed by atoms with Gasteiger partial charge in [0, 0.05) is 6.54 Å². The molecule has 1 fully saturated rings. The summed E-state index contributed by atoms with van der Waals surface area (Å²) in [5.74, 6) is 0.552. The van der Waals surface area contributed by atoms with Crippen molar-refractivity contribution in [2.75, 3.05) is 6.54 Å². The number of hydrogen-bond acceptors (Lipinski definition) is 2. The minimum absolute atomic E-state index is 0.0668. The lowest BCUT2D eigenvalue weighted by Crippen LogP contribution is -2.48. The van der Waals surface area contributed by atoms with Crippen LogP contribution in [-0.2, 0) is 4.79 Å². The highest BCUT2D eigenvalue weighted by molar-refractivity contribution is 5.81. The van der Waals surface area contributed by atoms with Crippen LogP contribution in [0.2, 0.25) is 0 Å². The molecule has 1 amide bonds. The van der Waals surface area contributed by atoms with Gasteiger partial charge in [-0.05, 0) is 38.2 Å². The maximum absolute atomic E-state index is 12.3. The molecule has 1 aliphatic heterocycles. The summed E-state index contributed by atoms with van der Waals surface area (Å²) in [6.07, 6.45) is 2.24. The van der Waals surface area contributed by atoms with Crippen LogP contribution in [0.25, 0.3) is 0 Å². The van der Waals surface area contributed by atoms with Crippen LogP contribution >= 0.6 is 0 Å². The standard InChI is InChI=1S/C16H24N2O/c1-11-6-8-14(9-7-11)15-12(2)5-4-10-18(15)16(19)13(3)17/h6-9,12-13,15H,4-5,10,17H2,1-3H3/t12?,13-,15?/m0/s1. The van der Waals surface area contributed by atoms with Gasteiger partial charge in [0.15, 0.2) is 0 Å². The largest absolute Gasteiger partial charge is 0.334 e. The van der Waals surface area contributed by atoms with Gasteiger partial charge >= 0.3 is 0 Å². The van der Waals surface area contributed by atoms with Gasteiger partial charge in [-0.25, -0.2) is 0 Å². The first-order chi connectivity index (χ1) is 9.00. The summed E-state index contributed by atoms with van der Waals surface area (Å²) in [5.41, 5.74) is 8.26. The number of nitrogens with two attached hydrogens (primary N) is 1. The summed E-state index contributed by atoms with van der Waals surface area (Å²) in [5, 5.41) is 0. The Labute approximate surface area is 115 Å². The van der Waals surface area contributed by atoms with Crippen LogP contribution in [0.1, 0.15) is 43.9 Å². The SMILES string of the molecule is Cc1ccc(C2C(C)CCCN2C(=O)[C@H](C)N)cc1. The molecule has 1 aromatic carbocycles. The van der Waals surface area contributed by atoms with Crippen LogP contribution in [-0.4, -0.2) is 23.4 Å². The Morgan fingerprint density at radius 1 is 1.37 bits per heavy atom. The molecule has 104 valence electrons. The van der Waals surface area contributed by atoms with Gasteiger partial charge in [0.05, 0.1) is 12.1 Å². The Kier molecular flexibility index (Phi) is 4.25. The van der Waals surface area contributed by atoms with E-state index in [2.05, 4.69) is 38.1 Å². The van der Waals surface area contributed by atoms with Gasteiger partial charge in [0.2, 0.25) is 5.91 Å². The van der Waals surface area contributed by atoms with Gasteiger partial charge in [0.1, 0.15) is 0 Å². The number of likely N-dealkylation sites (tertiary alicyclic amines) is 1. The van der Waals surface area contributed by atoms with Crippen LogP contribution in [0.4, 0.5) is 0 Å². The number of piperidine rings is 1. The summed E-state index contributed by atoms with van der Waals surface area (Å²) in [7, 11) is 0. The van der Waals surface area contributed by atoms with E-state index in [0.29, 0.717) is 5.92 Å². The average molecular weight is 260 g/mol. The number of carbonyl (C=O) groups excluding carboxylic acids is 1. The Balaban J connectivity index is 2.30. The van der Waals surface area contributed by atoms with Crippen molar-refractivity contribution < 1.29 is 4.79 Å². The average Bonchev–Trinajstić information content (AvgIpc) is 2.39. The van der Waals surface area contributed by atoms with Crippen LogP contribution < -0.4 is 5.73 Å². The highest BCUT2D eigenvalue weighted by atomic mass is 16.2. The normalized spacial score (nSPS) is 25.2. The van der Waals surface area contributed by atoms with Crippen molar-refractivity contribution in [3.05, 3.63) is 35.4 Å². The number of hydrogen-bond donors (Lipinski definition) is 1. The fourth-order valence-corrected chi connectivity index (χ4v) is 2.97. The van der Waals surface area contributed by atoms with E-state index in [0.717, 1.165) is 13.0 Å². The summed E-state index contributed by atoms with van der Waals surface area (Å²) >= 11 is 0. The summed E-state index contributed by atoms with van der Waals surface area (Å²) in [6.45, 7) is 6.90. The molecule has 0 saturated carbocycles. The van der Waals surface area contributed by atoms with E-state index in [1.165, 1.54) is 17.5 Å². The number of aryl methyl sites for hydroxylation is 1. The molecule has 0 aromatic heterocycles. The second-order valence-corrected chi connectivity index (χ2v) is 5.80. The van der Waals surface area contributed by atoms with Gasteiger partial charge < -0.3 is 10.6 Å². The highest BCUT2D eigenvalue weighted by Gasteiger charge is 2.33. The van der Waals surface area contributed by atoms with Crippen LogP contribution in [0.15, 0.2) is 24.3 Å². The number of nitrogens with zero attached hydrogens (tertiary/aromatic N) is 1. The molecule has 1 aromatic rings. The molecule has 19 heavy (non-hydrogen) atoms. The summed E-state index contributed by atoms with van der Waals surface area (Å²) in [6, 6.07) is 8.27. The van der Waals surface area contributed by atoms with Crippen molar-refractivity contribution >= 4 is 5.91 Å². The molecule has 3 atom stereocenters. The molecule has 1 saturated heterocycles. The van der Waals surface area contributed by atoms with E-state index in [1.807, 2.05) is 4.90 Å². The van der Waals surface area contributed by atoms with Crippen molar-refractivity contribution in [3.8, 4) is 0 Å². The summed E-state index contributed by atoms with van der Waals surface area (Å²) < 4.78 is 0. The van der Waals surface area contributed by atoms with Crippen LogP contribution in [0, 0.1) is 12.8 Å². The molecule has 2 rings (SSSR count). The number of amides is 1. The van der Waals surface area contributed by atoms with E-state index in [1.54, 1.807) is 6.92 Å². The zero-order valence-corrected chi connectivity index (χ0v) is 12.1. The summed E-state index contributed by atoms with van der Waals surface area (Å²) in [4.78, 5) is 14.3. The Bertz CT molecular complexity index is 439. The predicted octanol–water partition coefficient (Wildman–Crippen LogP) is 2.64. The first kappa shape index (κ1) is 14.1. The molecule has 2 unspecified atom stereocenters. The predicted molar refractivity (Wildman–Crippen MR) is 77.7 cm³/mol. The molecule has 2 N–H and O–H groups in total. The van der Waals surface area contributed by atoms with Crippen molar-refractivity contribution in [2.24, 2.45) is 11.7 Å². The maximum atomic E-state index is 12.3. The number of carbonyl (C=O) groups is 1. The molecule has 0 bridgehead atoms. The quantitative estimate of drug-likeness (QED) is 0.888. The van der Waals surface area contributed by atoms with Gasteiger partial charge in [-0.3, -0.25) is 4.79 Å². The first-order valence-electron chi connectivity index (χ1n) is 7.13. The first-order valence-corrected chi connectivity index (χ1v) is 7.13. The van der Waals surface area contributed by atoms with E-state index in [9.17, 15) is 4.79 Å². The molecule has 0 aliphatic carbocycles. The lowest BCUT2D eigenvalue weighted by Gasteiger charge is -2.41. The Hall–Kier alpha value is -1.35. The maximum Gasteiger partial charge on any atom is 0.239 e. The van der Waals surface area contributed by atoms with Crippen LogP contribution in [0.3, 0.4) is 0 Å². The zero-order valence-electron chi connectivity index (χ0n) is 12.1. The van der Waals surface area contributed by atoms with E-state index < -0.39 is 6.04 Å². The van der Waals surface area contributed by atoms with E-state index in [-0.39, 0.29) is 11.9 Å². The van der Waals surface area contributed by atoms with Gasteiger partial charge in [0.25, 0.3) is 0 Å². The Morgan fingerprint density at radius 3 is 2.58 bits per heavy atom. The third-order valence-electron chi connectivity index (χ3n) is 4.02. The second kappa shape index (κ2) is 5.74. The molecule has 0 radical (unpaired) electrons. The molecule has 3 nitrogen and oxygen atoms in total. The second-order valence-electron chi connectivity index (χ2n) is 5.80. The van der Waals surface area contributed by atoms with Gasteiger partial charge in [-0.2, -0.15) is 0 Å². The fourth-order valence-electron chi connectivity index (χ4n) is 2.97. The third kappa shape index (κ3) is 2.98. The molecule has 1 aliphatic rings. The lowest BCUT2D eigenvalue weighted by molar-refractivity contribution is -0.137. The van der Waals surface area contributed by atoms with Gasteiger partial charge in [-0.1, -0.05) is 36.8 Å². The van der Waals surface area contributed by atoms with Crippen molar-refractivity contribution in [1.29, 1.82) is 0 Å². The zero-order chi connectivity index (χ0) is 14.0. The Morgan fingerprint density at radius 2 is 2.00 bits per heavy atom. The highest BCUT2D eigenvalue weighted by Crippen LogP contribution is 2.36. The minimum Gasteiger partial charge on any atom is -0.334 e. The molecule has 0 spiro atoms. The van der Waals surface area contributed by atoms with Crippen LogP contribution in [0.5, 0.6) is 0 Å². The molecule has 1 heterocycles. The molecular weight excluding hydrogens is 236 g/mol. The van der Waals surface area contributed by atoms with Crippen molar-refractivity contribution in [3.63, 3.8) is 0 Å². The lowest BCUT2D eigenvalue weighted by atomic mass is 9.85. The smallest absolute Gasteiger partial charge is 0.239 e. The van der Waals surface area contributed by atoms with Gasteiger partial charge in [-0.15, -0.1) is 0 Å². The van der Waals surface area contributed by atoms with Crippen molar-refractivity contribution in [2.45, 2.75) is 45.7 Å². The topological polar surface area (TPSA) is 46.3 Å². The molecular formula is C16H24N2O. The number of rotatable bonds is 2. The number of benzene rings is 1.